The maximum Gasteiger partial charge on any atom is 0.410 e. The number of hydrogen-bond donors (Lipinski definition) is 1. The van der Waals surface area contributed by atoms with Crippen LogP contribution < -0.4 is 5.32 Å². The monoisotopic (exact) mass is 406 g/mol. The molecule has 1 saturated heterocycles. The molecule has 0 radical (unpaired) electrons. The number of carbonyl (C=O) groups is 1. The van der Waals surface area contributed by atoms with Crippen LogP contribution in [0.25, 0.3) is 11.0 Å². The number of amides is 1. The van der Waals surface area contributed by atoms with Crippen molar-refractivity contribution in [2.45, 2.75) is 52.3 Å². The Kier molecular flexibility index (Phi) is 5.41. The van der Waals surface area contributed by atoms with Gasteiger partial charge in [0.15, 0.2) is 0 Å². The first-order valence-corrected chi connectivity index (χ1v) is 10.5. The minimum Gasteiger partial charge on any atom is -0.444 e. The number of likely N-dealkylation sites (tertiary alicyclic amines) is 1. The Bertz CT molecular complexity index is 1050. The largest absolute Gasteiger partial charge is 0.444 e. The predicted molar refractivity (Wildman–Crippen MR) is 120 cm³/mol. The van der Waals surface area contributed by atoms with Gasteiger partial charge in [-0.25, -0.2) is 9.78 Å². The van der Waals surface area contributed by atoms with Crippen molar-refractivity contribution in [2.24, 2.45) is 0 Å². The standard InChI is InChI=1S/C24H30N4O2/c1-17-9-5-6-10-18(17)15-28-21-12-8-7-11-20(21)26-22(28)25-19-13-14-27(16-19)23(29)30-24(2,3)4/h5-12,19H,13-16H2,1-4H3,(H,25,26)/t19-/m0/s1. The van der Waals surface area contributed by atoms with E-state index in [4.69, 9.17) is 9.72 Å². The molecule has 2 aromatic carbocycles. The number of benzene rings is 2. The van der Waals surface area contributed by atoms with Gasteiger partial charge < -0.3 is 19.5 Å². The van der Waals surface area contributed by atoms with Gasteiger partial charge in [0.25, 0.3) is 0 Å². The number of imidazole rings is 1. The Morgan fingerprint density at radius 3 is 2.67 bits per heavy atom. The van der Waals surface area contributed by atoms with Crippen LogP contribution >= 0.6 is 0 Å². The molecule has 1 aliphatic rings. The second-order valence-corrected chi connectivity index (χ2v) is 8.99. The summed E-state index contributed by atoms with van der Waals surface area (Å²) in [6.07, 6.45) is 0.618. The Morgan fingerprint density at radius 1 is 1.17 bits per heavy atom. The zero-order chi connectivity index (χ0) is 21.3. The van der Waals surface area contributed by atoms with Gasteiger partial charge in [-0.3, -0.25) is 0 Å². The van der Waals surface area contributed by atoms with Gasteiger partial charge in [-0.15, -0.1) is 0 Å². The highest BCUT2D eigenvalue weighted by Gasteiger charge is 2.30. The molecule has 4 rings (SSSR count). The number of aromatic nitrogens is 2. The fourth-order valence-corrected chi connectivity index (χ4v) is 3.86. The average Bonchev–Trinajstić information content (AvgIpc) is 3.28. The Labute approximate surface area is 177 Å². The lowest BCUT2D eigenvalue weighted by atomic mass is 10.1. The maximum absolute atomic E-state index is 12.4. The summed E-state index contributed by atoms with van der Waals surface area (Å²) in [7, 11) is 0. The molecule has 3 aromatic rings. The van der Waals surface area contributed by atoms with Gasteiger partial charge >= 0.3 is 6.09 Å². The van der Waals surface area contributed by atoms with Crippen molar-refractivity contribution in [1.82, 2.24) is 14.5 Å². The van der Waals surface area contributed by atoms with E-state index in [1.165, 1.54) is 11.1 Å². The van der Waals surface area contributed by atoms with Crippen LogP contribution in [0, 0.1) is 6.92 Å². The van der Waals surface area contributed by atoms with Gasteiger partial charge in [-0.1, -0.05) is 36.4 Å². The lowest BCUT2D eigenvalue weighted by Crippen LogP contribution is -2.36. The van der Waals surface area contributed by atoms with Crippen LogP contribution in [0.4, 0.5) is 10.7 Å². The summed E-state index contributed by atoms with van der Waals surface area (Å²) in [6, 6.07) is 16.8. The fourth-order valence-electron chi connectivity index (χ4n) is 3.86. The molecular weight excluding hydrogens is 376 g/mol. The number of fused-ring (bicyclic) bond motifs is 1. The summed E-state index contributed by atoms with van der Waals surface area (Å²) in [5, 5.41) is 3.59. The van der Waals surface area contributed by atoms with E-state index < -0.39 is 5.60 Å². The number of nitrogens with one attached hydrogen (secondary N) is 1. The molecular formula is C24H30N4O2. The normalized spacial score (nSPS) is 16.8. The van der Waals surface area contributed by atoms with E-state index in [2.05, 4.69) is 47.1 Å². The SMILES string of the molecule is Cc1ccccc1Cn1c(N[C@H]2CCN(C(=O)OC(C)(C)C)C2)nc2ccccc21. The molecule has 0 bridgehead atoms. The van der Waals surface area contributed by atoms with Crippen LogP contribution in [0.2, 0.25) is 0 Å². The number of ether oxygens (including phenoxy) is 1. The van der Waals surface area contributed by atoms with Crippen molar-refractivity contribution in [1.29, 1.82) is 0 Å². The summed E-state index contributed by atoms with van der Waals surface area (Å²) >= 11 is 0. The van der Waals surface area contributed by atoms with Crippen molar-refractivity contribution < 1.29 is 9.53 Å². The molecule has 0 spiro atoms. The van der Waals surface area contributed by atoms with Crippen molar-refractivity contribution in [3.63, 3.8) is 0 Å². The third-order valence-corrected chi connectivity index (χ3v) is 5.42. The van der Waals surface area contributed by atoms with E-state index in [0.29, 0.717) is 13.1 Å². The van der Waals surface area contributed by atoms with Crippen LogP contribution in [0.15, 0.2) is 48.5 Å². The van der Waals surface area contributed by atoms with Gasteiger partial charge in [-0.05, 0) is 57.4 Å². The highest BCUT2D eigenvalue weighted by Crippen LogP contribution is 2.25. The first kappa shape index (κ1) is 20.3. The van der Waals surface area contributed by atoms with E-state index in [9.17, 15) is 4.79 Å². The number of carbonyl (C=O) groups excluding carboxylic acids is 1. The molecule has 1 aromatic heterocycles. The molecule has 0 aliphatic carbocycles. The minimum atomic E-state index is -0.482. The van der Waals surface area contributed by atoms with Crippen LogP contribution in [0.3, 0.4) is 0 Å². The third-order valence-electron chi connectivity index (χ3n) is 5.42. The highest BCUT2D eigenvalue weighted by molar-refractivity contribution is 5.79. The van der Waals surface area contributed by atoms with Crippen LogP contribution in [-0.2, 0) is 11.3 Å². The topological polar surface area (TPSA) is 59.4 Å². The zero-order valence-electron chi connectivity index (χ0n) is 18.2. The molecule has 1 atom stereocenters. The Morgan fingerprint density at radius 2 is 1.90 bits per heavy atom. The van der Waals surface area contributed by atoms with Crippen molar-refractivity contribution in [3.05, 3.63) is 59.7 Å². The third kappa shape index (κ3) is 4.42. The van der Waals surface area contributed by atoms with Crippen molar-refractivity contribution >= 4 is 23.1 Å². The molecule has 2 heterocycles. The number of nitrogens with zero attached hydrogens (tertiary/aromatic N) is 3. The van der Waals surface area contributed by atoms with Crippen LogP contribution in [0.1, 0.15) is 38.3 Å². The molecule has 0 unspecified atom stereocenters. The van der Waals surface area contributed by atoms with E-state index >= 15 is 0 Å². The number of anilines is 1. The van der Waals surface area contributed by atoms with Crippen LogP contribution in [-0.4, -0.2) is 45.3 Å². The van der Waals surface area contributed by atoms with Crippen molar-refractivity contribution in [3.8, 4) is 0 Å². The molecule has 0 saturated carbocycles. The van der Waals surface area contributed by atoms with Gasteiger partial charge in [0.2, 0.25) is 5.95 Å². The van der Waals surface area contributed by atoms with E-state index in [-0.39, 0.29) is 12.1 Å². The molecule has 30 heavy (non-hydrogen) atoms. The second-order valence-electron chi connectivity index (χ2n) is 8.99. The second kappa shape index (κ2) is 8.01. The Balaban J connectivity index is 1.55. The molecule has 6 nitrogen and oxygen atoms in total. The molecule has 158 valence electrons. The van der Waals surface area contributed by atoms with E-state index in [1.807, 2.05) is 39.0 Å². The summed E-state index contributed by atoms with van der Waals surface area (Å²) in [6.45, 7) is 9.86. The summed E-state index contributed by atoms with van der Waals surface area (Å²) in [5.41, 5.74) is 4.12. The summed E-state index contributed by atoms with van der Waals surface area (Å²) < 4.78 is 7.75. The number of hydrogen-bond acceptors (Lipinski definition) is 4. The predicted octanol–water partition coefficient (Wildman–Crippen LogP) is 4.81. The molecule has 1 aliphatic heterocycles. The van der Waals surface area contributed by atoms with E-state index in [0.717, 1.165) is 29.9 Å². The highest BCUT2D eigenvalue weighted by atomic mass is 16.6. The molecule has 1 fully saturated rings. The van der Waals surface area contributed by atoms with E-state index in [1.54, 1.807) is 4.90 Å². The lowest BCUT2D eigenvalue weighted by molar-refractivity contribution is 0.0293. The smallest absolute Gasteiger partial charge is 0.410 e. The lowest BCUT2D eigenvalue weighted by Gasteiger charge is -2.24. The molecule has 1 amide bonds. The number of aryl methyl sites for hydroxylation is 1. The zero-order valence-corrected chi connectivity index (χ0v) is 18.2. The van der Waals surface area contributed by atoms with Crippen molar-refractivity contribution in [2.75, 3.05) is 18.4 Å². The first-order valence-electron chi connectivity index (χ1n) is 10.5. The average molecular weight is 407 g/mol. The quantitative estimate of drug-likeness (QED) is 0.675. The van der Waals surface area contributed by atoms with Crippen LogP contribution in [0.5, 0.6) is 0 Å². The summed E-state index contributed by atoms with van der Waals surface area (Å²) in [4.78, 5) is 19.0. The van der Waals surface area contributed by atoms with Gasteiger partial charge in [-0.2, -0.15) is 0 Å². The summed E-state index contributed by atoms with van der Waals surface area (Å²) in [5.74, 6) is 0.843. The fraction of sp³-hybridized carbons (Fsp3) is 0.417. The van der Waals surface area contributed by atoms with Gasteiger partial charge in [0.1, 0.15) is 5.60 Å². The van der Waals surface area contributed by atoms with Gasteiger partial charge in [0.05, 0.1) is 17.6 Å². The number of para-hydroxylation sites is 2. The minimum absolute atomic E-state index is 0.143. The molecule has 6 heteroatoms. The maximum atomic E-state index is 12.4. The Hall–Kier alpha value is -3.02. The van der Waals surface area contributed by atoms with Gasteiger partial charge in [0, 0.05) is 19.1 Å². The first-order chi connectivity index (χ1) is 14.3. The number of rotatable bonds is 4. The molecule has 1 N–H and O–H groups in total.